The van der Waals surface area contributed by atoms with Crippen LogP contribution in [0.15, 0.2) is 0 Å². The van der Waals surface area contributed by atoms with Crippen molar-refractivity contribution in [2.75, 3.05) is 36.9 Å². The van der Waals surface area contributed by atoms with Gasteiger partial charge in [0.2, 0.25) is 5.91 Å². The number of piperazine rings is 1. The Labute approximate surface area is 116 Å². The summed E-state index contributed by atoms with van der Waals surface area (Å²) in [4.78, 5) is 15.9. The first kappa shape index (κ1) is 12.5. The molecule has 2 N–H and O–H groups in total. The molecule has 1 amide bonds. The van der Waals surface area contributed by atoms with Crippen LogP contribution in [-0.2, 0) is 4.79 Å². The van der Waals surface area contributed by atoms with Gasteiger partial charge in [0.1, 0.15) is 0 Å². The number of nitrogens with zero attached hydrogens (tertiary/aromatic N) is 3. The molecule has 2 aliphatic rings. The van der Waals surface area contributed by atoms with Crippen molar-refractivity contribution in [1.29, 1.82) is 0 Å². The lowest BCUT2D eigenvalue weighted by molar-refractivity contribution is -0.129. The second-order valence-electron chi connectivity index (χ2n) is 4.86. The van der Waals surface area contributed by atoms with E-state index in [4.69, 9.17) is 10.5 Å². The molecule has 0 saturated carbocycles. The minimum absolute atomic E-state index is 0.290. The number of hydrogen-bond acceptors (Lipinski definition) is 6. The van der Waals surface area contributed by atoms with Gasteiger partial charge in [0.05, 0.1) is 6.61 Å². The topological polar surface area (TPSA) is 71.7 Å². The Balaban J connectivity index is 1.79. The molecule has 19 heavy (non-hydrogen) atoms. The lowest BCUT2D eigenvalue weighted by Gasteiger charge is -2.38. The number of amides is 1. The maximum absolute atomic E-state index is 11.7. The van der Waals surface area contributed by atoms with Crippen molar-refractivity contribution in [1.82, 2.24) is 9.27 Å². The van der Waals surface area contributed by atoms with E-state index in [-0.39, 0.29) is 0 Å². The van der Waals surface area contributed by atoms with Gasteiger partial charge in [0, 0.05) is 32.1 Å². The van der Waals surface area contributed by atoms with Crippen LogP contribution in [0.25, 0.3) is 0 Å². The van der Waals surface area contributed by atoms with Crippen molar-refractivity contribution in [2.45, 2.75) is 25.8 Å². The highest BCUT2D eigenvalue weighted by Gasteiger charge is 2.36. The fraction of sp³-hybridized carbons (Fsp3) is 0.667. The van der Waals surface area contributed by atoms with Crippen molar-refractivity contribution in [2.24, 2.45) is 0 Å². The van der Waals surface area contributed by atoms with E-state index >= 15 is 0 Å². The van der Waals surface area contributed by atoms with Crippen LogP contribution in [-0.4, -0.2) is 47.5 Å². The van der Waals surface area contributed by atoms with Gasteiger partial charge < -0.3 is 20.3 Å². The fourth-order valence-corrected chi connectivity index (χ4v) is 3.61. The normalized spacial score (nSPS) is 22.8. The summed E-state index contributed by atoms with van der Waals surface area (Å²) in [6.07, 6.45) is 1.63. The fourth-order valence-electron chi connectivity index (χ4n) is 2.82. The van der Waals surface area contributed by atoms with Gasteiger partial charge in [-0.1, -0.05) is 0 Å². The first-order valence-electron chi connectivity index (χ1n) is 6.63. The molecule has 7 heteroatoms. The summed E-state index contributed by atoms with van der Waals surface area (Å²) >= 11 is 1.38. The van der Waals surface area contributed by atoms with Gasteiger partial charge in [-0.15, -0.1) is 0 Å². The van der Waals surface area contributed by atoms with Crippen LogP contribution in [0.5, 0.6) is 5.75 Å². The maximum Gasteiger partial charge on any atom is 0.223 e. The van der Waals surface area contributed by atoms with Gasteiger partial charge in [0.25, 0.3) is 0 Å². The van der Waals surface area contributed by atoms with Crippen molar-refractivity contribution in [3.63, 3.8) is 0 Å². The number of hydrogen-bond donors (Lipinski definition) is 1. The lowest BCUT2D eigenvalue weighted by Crippen LogP contribution is -2.51. The van der Waals surface area contributed by atoms with E-state index in [1.165, 1.54) is 11.5 Å². The first-order chi connectivity index (χ1) is 9.20. The maximum atomic E-state index is 11.7. The predicted octanol–water partition coefficient (Wildman–Crippen LogP) is 0.935. The largest absolute Gasteiger partial charge is 0.487 e. The Morgan fingerprint density at radius 3 is 3.16 bits per heavy atom. The number of nitrogen functional groups attached to an aromatic ring is 1. The number of fused-ring (bicyclic) bond motifs is 1. The van der Waals surface area contributed by atoms with Crippen LogP contribution >= 0.6 is 11.5 Å². The van der Waals surface area contributed by atoms with Crippen molar-refractivity contribution in [3.05, 3.63) is 0 Å². The number of ether oxygens (including phenoxy) is 1. The number of carbonyl (C=O) groups excluding carboxylic acids is 1. The first-order valence-corrected chi connectivity index (χ1v) is 7.40. The summed E-state index contributed by atoms with van der Waals surface area (Å²) in [5, 5.41) is 0.998. The molecule has 2 aliphatic heterocycles. The third kappa shape index (κ3) is 2.11. The number of carbonyl (C=O) groups is 1. The Hall–Kier alpha value is -1.50. The molecule has 3 rings (SSSR count). The molecule has 6 nitrogen and oxygen atoms in total. The zero-order valence-electron chi connectivity index (χ0n) is 11.0. The van der Waals surface area contributed by atoms with Crippen LogP contribution < -0.4 is 15.4 Å². The third-order valence-corrected chi connectivity index (χ3v) is 4.63. The molecular weight excluding hydrogens is 264 g/mol. The summed E-state index contributed by atoms with van der Waals surface area (Å²) in [6, 6.07) is 0.332. The number of anilines is 2. The third-order valence-electron chi connectivity index (χ3n) is 3.73. The van der Waals surface area contributed by atoms with E-state index in [0.717, 1.165) is 31.1 Å². The zero-order valence-corrected chi connectivity index (χ0v) is 11.8. The van der Waals surface area contributed by atoms with Crippen molar-refractivity contribution in [3.8, 4) is 5.75 Å². The minimum Gasteiger partial charge on any atom is -0.487 e. The number of rotatable bonds is 3. The Kier molecular flexibility index (Phi) is 3.22. The van der Waals surface area contributed by atoms with E-state index in [0.29, 0.717) is 36.5 Å². The van der Waals surface area contributed by atoms with Gasteiger partial charge in [-0.2, -0.15) is 4.37 Å². The standard InChI is InChI=1S/C12H18N4O2S/c1-2-18-10-11(13)14-19-12(10)15-5-6-16-8(7-15)3-4-9(16)17/h8H,2-7H2,1H3,(H2,13,14). The molecule has 104 valence electrons. The van der Waals surface area contributed by atoms with E-state index < -0.39 is 0 Å². The van der Waals surface area contributed by atoms with E-state index in [1.807, 2.05) is 11.8 Å². The van der Waals surface area contributed by atoms with Crippen molar-refractivity contribution >= 4 is 28.3 Å². The zero-order chi connectivity index (χ0) is 13.4. The van der Waals surface area contributed by atoms with Crippen LogP contribution in [0.1, 0.15) is 19.8 Å². The van der Waals surface area contributed by atoms with E-state index in [2.05, 4.69) is 9.27 Å². The molecule has 0 aliphatic carbocycles. The monoisotopic (exact) mass is 282 g/mol. The SMILES string of the molecule is CCOc1c(N)nsc1N1CCN2C(=O)CCC2C1. The second kappa shape index (κ2) is 4.88. The number of aromatic nitrogens is 1. The highest BCUT2D eigenvalue weighted by atomic mass is 32.1. The molecule has 0 bridgehead atoms. The van der Waals surface area contributed by atoms with Crippen LogP contribution in [0, 0.1) is 0 Å². The molecule has 1 unspecified atom stereocenters. The Morgan fingerprint density at radius 1 is 1.53 bits per heavy atom. The molecule has 1 aromatic heterocycles. The highest BCUT2D eigenvalue weighted by molar-refractivity contribution is 7.11. The van der Waals surface area contributed by atoms with E-state index in [9.17, 15) is 4.79 Å². The Bertz CT molecular complexity index is 490. The van der Waals surface area contributed by atoms with E-state index in [1.54, 1.807) is 0 Å². The lowest BCUT2D eigenvalue weighted by atomic mass is 10.1. The smallest absolute Gasteiger partial charge is 0.223 e. The molecule has 0 radical (unpaired) electrons. The minimum atomic E-state index is 0.290. The molecule has 2 fully saturated rings. The Morgan fingerprint density at radius 2 is 2.37 bits per heavy atom. The summed E-state index contributed by atoms with van der Waals surface area (Å²) in [7, 11) is 0. The molecule has 0 aromatic carbocycles. The summed E-state index contributed by atoms with van der Waals surface area (Å²) in [5.74, 6) is 1.45. The van der Waals surface area contributed by atoms with Gasteiger partial charge in [-0.05, 0) is 24.9 Å². The van der Waals surface area contributed by atoms with Crippen LogP contribution in [0.2, 0.25) is 0 Å². The summed E-state index contributed by atoms with van der Waals surface area (Å²) in [5.41, 5.74) is 5.85. The van der Waals surface area contributed by atoms with Gasteiger partial charge >= 0.3 is 0 Å². The quantitative estimate of drug-likeness (QED) is 0.893. The van der Waals surface area contributed by atoms with Gasteiger partial charge in [-0.3, -0.25) is 4.79 Å². The average molecular weight is 282 g/mol. The molecular formula is C12H18N4O2S. The highest BCUT2D eigenvalue weighted by Crippen LogP contribution is 2.39. The van der Waals surface area contributed by atoms with Gasteiger partial charge in [0.15, 0.2) is 16.6 Å². The summed E-state index contributed by atoms with van der Waals surface area (Å²) in [6.45, 7) is 4.98. The molecule has 2 saturated heterocycles. The van der Waals surface area contributed by atoms with Gasteiger partial charge in [-0.25, -0.2) is 0 Å². The molecule has 3 heterocycles. The summed E-state index contributed by atoms with van der Waals surface area (Å²) < 4.78 is 9.78. The van der Waals surface area contributed by atoms with Crippen LogP contribution in [0.4, 0.5) is 10.8 Å². The molecule has 1 aromatic rings. The molecule has 1 atom stereocenters. The van der Waals surface area contributed by atoms with Crippen LogP contribution in [0.3, 0.4) is 0 Å². The number of nitrogens with two attached hydrogens (primary N) is 1. The van der Waals surface area contributed by atoms with Crippen molar-refractivity contribution < 1.29 is 9.53 Å². The average Bonchev–Trinajstić information content (AvgIpc) is 2.95. The molecule has 0 spiro atoms. The predicted molar refractivity (Wildman–Crippen MR) is 74.6 cm³/mol. The second-order valence-corrected chi connectivity index (χ2v) is 5.61.